The van der Waals surface area contributed by atoms with Crippen LogP contribution < -0.4 is 10.3 Å². The van der Waals surface area contributed by atoms with E-state index in [9.17, 15) is 9.59 Å². The summed E-state index contributed by atoms with van der Waals surface area (Å²) in [4.78, 5) is 33.3. The van der Waals surface area contributed by atoms with Crippen LogP contribution in [0.1, 0.15) is 34.6 Å². The van der Waals surface area contributed by atoms with Crippen molar-refractivity contribution in [3.8, 4) is 11.4 Å². The van der Waals surface area contributed by atoms with Gasteiger partial charge in [-0.15, -0.1) is 0 Å². The fraction of sp³-hybridized carbons (Fsp3) is 0.375. The zero-order chi connectivity index (χ0) is 23.6. The number of para-hydroxylation sites is 1. The summed E-state index contributed by atoms with van der Waals surface area (Å²) in [5.74, 6) is 0.515. The zero-order valence-electron chi connectivity index (χ0n) is 19.1. The first-order valence-electron chi connectivity index (χ1n) is 10.5. The molecule has 0 bridgehead atoms. The molecule has 2 aromatic carbocycles. The van der Waals surface area contributed by atoms with Crippen molar-refractivity contribution in [3.63, 3.8) is 0 Å². The Labute approximate surface area is 197 Å². The van der Waals surface area contributed by atoms with Crippen molar-refractivity contribution in [2.45, 2.75) is 57.1 Å². The quantitative estimate of drug-likeness (QED) is 0.349. The first kappa shape index (κ1) is 24.1. The van der Waals surface area contributed by atoms with Crippen LogP contribution in [0.3, 0.4) is 0 Å². The number of hydrogen-bond donors (Lipinski definition) is 0. The van der Waals surface area contributed by atoms with Gasteiger partial charge in [0.15, 0.2) is 5.16 Å². The summed E-state index contributed by atoms with van der Waals surface area (Å²) < 4.78 is 6.75. The first-order chi connectivity index (χ1) is 15.1. The minimum atomic E-state index is -0.437. The normalized spacial score (nSPS) is 12.4. The van der Waals surface area contributed by atoms with Crippen LogP contribution in [0.2, 0.25) is 5.02 Å². The molecule has 0 aliphatic carbocycles. The van der Waals surface area contributed by atoms with Crippen molar-refractivity contribution in [2.75, 3.05) is 7.11 Å². The van der Waals surface area contributed by atoms with E-state index in [1.165, 1.54) is 23.4 Å². The number of nitrogens with zero attached hydrogens (tertiary/aromatic N) is 3. The van der Waals surface area contributed by atoms with E-state index in [1.54, 1.807) is 36.4 Å². The fourth-order valence-electron chi connectivity index (χ4n) is 3.74. The fourth-order valence-corrected chi connectivity index (χ4v) is 4.97. The lowest BCUT2D eigenvalue weighted by Gasteiger charge is -2.33. The van der Waals surface area contributed by atoms with E-state index >= 15 is 0 Å². The Morgan fingerprint density at radius 2 is 1.75 bits per heavy atom. The molecule has 1 atom stereocenters. The summed E-state index contributed by atoms with van der Waals surface area (Å²) in [6, 6.07) is 12.5. The van der Waals surface area contributed by atoms with Crippen LogP contribution in [0.15, 0.2) is 52.4 Å². The van der Waals surface area contributed by atoms with Crippen molar-refractivity contribution >= 4 is 40.2 Å². The van der Waals surface area contributed by atoms with Gasteiger partial charge in [0.25, 0.3) is 5.56 Å². The predicted molar refractivity (Wildman–Crippen MR) is 131 cm³/mol. The molecule has 0 aliphatic heterocycles. The highest BCUT2D eigenvalue weighted by atomic mass is 35.5. The van der Waals surface area contributed by atoms with E-state index in [4.69, 9.17) is 21.3 Å². The molecular weight excluding hydrogens is 446 g/mol. The van der Waals surface area contributed by atoms with Gasteiger partial charge in [-0.25, -0.2) is 4.98 Å². The van der Waals surface area contributed by atoms with E-state index in [0.29, 0.717) is 32.5 Å². The largest absolute Gasteiger partial charge is 0.495 e. The Hall–Kier alpha value is -2.51. The Morgan fingerprint density at radius 1 is 1.09 bits per heavy atom. The van der Waals surface area contributed by atoms with E-state index in [0.717, 1.165) is 0 Å². The second-order valence-corrected chi connectivity index (χ2v) is 9.78. The molecule has 0 saturated carbocycles. The first-order valence-corrected chi connectivity index (χ1v) is 11.8. The number of rotatable bonds is 7. The minimum Gasteiger partial charge on any atom is -0.495 e. The summed E-state index contributed by atoms with van der Waals surface area (Å²) in [6.45, 7) is 9.84. The molecule has 0 unspecified atom stereocenters. The summed E-state index contributed by atoms with van der Waals surface area (Å²) in [5.41, 5.74) is 0.925. The number of benzene rings is 2. The molecule has 0 radical (unpaired) electrons. The Morgan fingerprint density at radius 3 is 2.34 bits per heavy atom. The van der Waals surface area contributed by atoms with Crippen molar-refractivity contribution in [1.29, 1.82) is 0 Å². The minimum absolute atomic E-state index is 0.00159. The maximum atomic E-state index is 13.5. The van der Waals surface area contributed by atoms with Crippen LogP contribution in [-0.2, 0) is 4.79 Å². The molecular formula is C24H28ClN3O3S. The molecule has 3 aromatic rings. The second kappa shape index (κ2) is 9.96. The second-order valence-electron chi connectivity index (χ2n) is 8.06. The van der Waals surface area contributed by atoms with Gasteiger partial charge in [0, 0.05) is 12.1 Å². The average molecular weight is 474 g/mol. The van der Waals surface area contributed by atoms with Gasteiger partial charge in [-0.1, -0.05) is 35.5 Å². The van der Waals surface area contributed by atoms with Crippen molar-refractivity contribution < 1.29 is 9.53 Å². The Kier molecular flexibility index (Phi) is 7.51. The molecule has 0 N–H and O–H groups in total. The van der Waals surface area contributed by atoms with Crippen LogP contribution in [-0.4, -0.2) is 44.8 Å². The number of fused-ring (bicyclic) bond motifs is 1. The molecule has 32 heavy (non-hydrogen) atoms. The highest BCUT2D eigenvalue weighted by Gasteiger charge is 2.27. The van der Waals surface area contributed by atoms with Crippen molar-refractivity contribution in [2.24, 2.45) is 0 Å². The van der Waals surface area contributed by atoms with E-state index < -0.39 is 5.25 Å². The molecule has 0 spiro atoms. The van der Waals surface area contributed by atoms with Gasteiger partial charge >= 0.3 is 0 Å². The van der Waals surface area contributed by atoms with Gasteiger partial charge in [-0.05, 0) is 65.0 Å². The van der Waals surface area contributed by atoms with Crippen molar-refractivity contribution in [3.05, 3.63) is 57.8 Å². The monoisotopic (exact) mass is 473 g/mol. The molecule has 3 rings (SSSR count). The van der Waals surface area contributed by atoms with Gasteiger partial charge in [-0.3, -0.25) is 14.2 Å². The third-order valence-electron chi connectivity index (χ3n) is 5.14. The third kappa shape index (κ3) is 4.79. The molecule has 1 heterocycles. The topological polar surface area (TPSA) is 64.4 Å². The number of aromatic nitrogens is 2. The standard InChI is InChI=1S/C24H28ClN3O3S/c1-14(2)27(15(3)4)22(29)16(5)32-24-26-20-10-8-7-9-18(20)23(30)28(24)17-11-12-21(31-6)19(25)13-17/h7-16H,1-6H3/t16-/m1/s1. The van der Waals surface area contributed by atoms with Gasteiger partial charge in [0.2, 0.25) is 5.91 Å². The molecule has 0 fully saturated rings. The van der Waals surface area contributed by atoms with Gasteiger partial charge in [0.1, 0.15) is 5.75 Å². The Balaban J connectivity index is 2.13. The molecule has 0 saturated heterocycles. The zero-order valence-corrected chi connectivity index (χ0v) is 20.7. The molecule has 1 aromatic heterocycles. The van der Waals surface area contributed by atoms with Crippen LogP contribution in [0.5, 0.6) is 5.75 Å². The number of ether oxygens (including phenoxy) is 1. The van der Waals surface area contributed by atoms with E-state index in [1.807, 2.05) is 45.6 Å². The van der Waals surface area contributed by atoms with Gasteiger partial charge in [0.05, 0.1) is 34.0 Å². The van der Waals surface area contributed by atoms with Crippen molar-refractivity contribution in [1.82, 2.24) is 14.5 Å². The van der Waals surface area contributed by atoms with Crippen LogP contribution >= 0.6 is 23.4 Å². The number of methoxy groups -OCH3 is 1. The summed E-state index contributed by atoms with van der Waals surface area (Å²) in [7, 11) is 1.54. The number of carbonyl (C=O) groups excluding carboxylic acids is 1. The highest BCUT2D eigenvalue weighted by Crippen LogP contribution is 2.30. The highest BCUT2D eigenvalue weighted by molar-refractivity contribution is 8.00. The molecule has 8 heteroatoms. The lowest BCUT2D eigenvalue weighted by molar-refractivity contribution is -0.133. The van der Waals surface area contributed by atoms with Gasteiger partial charge < -0.3 is 9.64 Å². The van der Waals surface area contributed by atoms with Crippen LogP contribution in [0, 0.1) is 0 Å². The average Bonchev–Trinajstić information content (AvgIpc) is 2.73. The third-order valence-corrected chi connectivity index (χ3v) is 6.47. The molecule has 6 nitrogen and oxygen atoms in total. The SMILES string of the molecule is COc1ccc(-n2c(S[C@H](C)C(=O)N(C(C)C)C(C)C)nc3ccccc3c2=O)cc1Cl. The Bertz CT molecular complexity index is 1180. The molecule has 170 valence electrons. The van der Waals surface area contributed by atoms with Crippen LogP contribution in [0.4, 0.5) is 0 Å². The summed E-state index contributed by atoms with van der Waals surface area (Å²) in [6.07, 6.45) is 0. The number of hydrogen-bond acceptors (Lipinski definition) is 5. The van der Waals surface area contributed by atoms with E-state index in [2.05, 4.69) is 0 Å². The lowest BCUT2D eigenvalue weighted by Crippen LogP contribution is -2.45. The maximum absolute atomic E-state index is 13.5. The predicted octanol–water partition coefficient (Wildman–Crippen LogP) is 5.17. The number of halogens is 1. The molecule has 1 amide bonds. The number of thioether (sulfide) groups is 1. The van der Waals surface area contributed by atoms with Gasteiger partial charge in [-0.2, -0.15) is 0 Å². The lowest BCUT2D eigenvalue weighted by atomic mass is 10.2. The smallest absolute Gasteiger partial charge is 0.266 e. The molecule has 0 aliphatic rings. The summed E-state index contributed by atoms with van der Waals surface area (Å²) in [5, 5.41) is 0.876. The summed E-state index contributed by atoms with van der Waals surface area (Å²) >= 11 is 7.61. The number of carbonyl (C=O) groups is 1. The van der Waals surface area contributed by atoms with E-state index in [-0.39, 0.29) is 23.6 Å². The van der Waals surface area contributed by atoms with Crippen LogP contribution in [0.25, 0.3) is 16.6 Å². The number of amides is 1. The maximum Gasteiger partial charge on any atom is 0.266 e.